The number of benzene rings is 1. The van der Waals surface area contributed by atoms with E-state index in [1.165, 1.54) is 36.7 Å². The molecular weight excluding hydrogens is 416 g/mol. The van der Waals surface area contributed by atoms with E-state index < -0.39 is 23.0 Å². The van der Waals surface area contributed by atoms with Gasteiger partial charge in [-0.25, -0.2) is 23.7 Å². The number of nitriles is 1. The number of ether oxygens (including phenoxy) is 1. The standard InChI is InChI=1S/C23H19F2N5O2/c1-13-20(11-27-14(2)29-13)32-12-23(16-5-17(24)7-18(25)6-16)8-19(23)22(31)30-21-4-3-15(9-26)10-28-21/h3-7,10-11,19H,8,12H2,1-2H3,(H,28,30,31)/t19-,23+/m0/s1. The molecule has 0 bridgehead atoms. The van der Waals surface area contributed by atoms with Crippen molar-refractivity contribution in [3.8, 4) is 11.8 Å². The first-order valence-corrected chi connectivity index (χ1v) is 9.87. The molecule has 32 heavy (non-hydrogen) atoms. The number of nitrogens with zero attached hydrogens (tertiary/aromatic N) is 4. The van der Waals surface area contributed by atoms with Gasteiger partial charge in [0.2, 0.25) is 5.91 Å². The second-order valence-corrected chi connectivity index (χ2v) is 7.76. The van der Waals surface area contributed by atoms with Gasteiger partial charge in [-0.3, -0.25) is 4.79 Å². The molecule has 0 unspecified atom stereocenters. The van der Waals surface area contributed by atoms with Crippen LogP contribution in [0.2, 0.25) is 0 Å². The summed E-state index contributed by atoms with van der Waals surface area (Å²) in [6.45, 7) is 3.54. The van der Waals surface area contributed by atoms with Crippen LogP contribution in [-0.2, 0) is 10.2 Å². The number of anilines is 1. The number of aryl methyl sites for hydroxylation is 2. The van der Waals surface area contributed by atoms with Gasteiger partial charge in [0.25, 0.3) is 0 Å². The van der Waals surface area contributed by atoms with Crippen molar-refractivity contribution >= 4 is 11.7 Å². The minimum Gasteiger partial charge on any atom is -0.489 e. The van der Waals surface area contributed by atoms with E-state index in [9.17, 15) is 13.6 Å². The zero-order valence-electron chi connectivity index (χ0n) is 17.4. The quantitative estimate of drug-likeness (QED) is 0.635. The summed E-state index contributed by atoms with van der Waals surface area (Å²) in [5.74, 6) is -1.09. The number of nitrogens with one attached hydrogen (secondary N) is 1. The van der Waals surface area contributed by atoms with Crippen LogP contribution < -0.4 is 10.1 Å². The third-order valence-electron chi connectivity index (χ3n) is 5.51. The molecule has 0 radical (unpaired) electrons. The number of hydrogen-bond acceptors (Lipinski definition) is 6. The van der Waals surface area contributed by atoms with Gasteiger partial charge in [0.1, 0.15) is 29.3 Å². The van der Waals surface area contributed by atoms with Crippen molar-refractivity contribution in [3.63, 3.8) is 0 Å². The lowest BCUT2D eigenvalue weighted by atomic mass is 9.93. The number of rotatable bonds is 6. The molecule has 1 amide bonds. The Bertz CT molecular complexity index is 1210. The lowest BCUT2D eigenvalue weighted by Crippen LogP contribution is -2.27. The molecule has 9 heteroatoms. The van der Waals surface area contributed by atoms with Crippen molar-refractivity contribution in [2.24, 2.45) is 5.92 Å². The maximum absolute atomic E-state index is 14.0. The van der Waals surface area contributed by atoms with Crippen LogP contribution >= 0.6 is 0 Å². The van der Waals surface area contributed by atoms with Crippen LogP contribution in [-0.4, -0.2) is 27.5 Å². The number of pyridine rings is 1. The third-order valence-corrected chi connectivity index (χ3v) is 5.51. The van der Waals surface area contributed by atoms with Gasteiger partial charge < -0.3 is 10.1 Å². The van der Waals surface area contributed by atoms with Crippen molar-refractivity contribution in [2.75, 3.05) is 11.9 Å². The van der Waals surface area contributed by atoms with Crippen molar-refractivity contribution in [1.29, 1.82) is 5.26 Å². The maximum Gasteiger partial charge on any atom is 0.229 e. The van der Waals surface area contributed by atoms with Gasteiger partial charge in [-0.15, -0.1) is 0 Å². The molecule has 2 heterocycles. The molecule has 0 spiro atoms. The Morgan fingerprint density at radius 3 is 2.59 bits per heavy atom. The molecule has 4 rings (SSSR count). The predicted octanol–water partition coefficient (Wildman–Crippen LogP) is 3.61. The molecule has 3 aromatic rings. The smallest absolute Gasteiger partial charge is 0.229 e. The van der Waals surface area contributed by atoms with E-state index in [2.05, 4.69) is 20.3 Å². The van der Waals surface area contributed by atoms with Crippen molar-refractivity contribution in [2.45, 2.75) is 25.7 Å². The fraction of sp³-hybridized carbons (Fsp3) is 0.261. The zero-order chi connectivity index (χ0) is 22.9. The first-order chi connectivity index (χ1) is 15.3. The zero-order valence-corrected chi connectivity index (χ0v) is 17.4. The van der Waals surface area contributed by atoms with Crippen LogP contribution in [0.4, 0.5) is 14.6 Å². The monoisotopic (exact) mass is 435 g/mol. The van der Waals surface area contributed by atoms with Gasteiger partial charge in [-0.2, -0.15) is 5.26 Å². The highest BCUT2D eigenvalue weighted by molar-refractivity contribution is 5.95. The summed E-state index contributed by atoms with van der Waals surface area (Å²) < 4.78 is 33.8. The normalized spacial score (nSPS) is 19.2. The van der Waals surface area contributed by atoms with Crippen molar-refractivity contribution in [1.82, 2.24) is 15.0 Å². The first kappa shape index (κ1) is 21.3. The first-order valence-electron chi connectivity index (χ1n) is 9.87. The predicted molar refractivity (Wildman–Crippen MR) is 111 cm³/mol. The number of halogens is 2. The fourth-order valence-corrected chi connectivity index (χ4v) is 3.72. The number of carbonyl (C=O) groups excluding carboxylic acids is 1. The molecule has 1 N–H and O–H groups in total. The Balaban J connectivity index is 1.58. The number of aromatic nitrogens is 3. The van der Waals surface area contributed by atoms with Crippen molar-refractivity contribution in [3.05, 3.63) is 77.0 Å². The summed E-state index contributed by atoms with van der Waals surface area (Å²) in [7, 11) is 0. The highest BCUT2D eigenvalue weighted by atomic mass is 19.1. The maximum atomic E-state index is 14.0. The summed E-state index contributed by atoms with van der Waals surface area (Å²) >= 11 is 0. The van der Waals surface area contributed by atoms with Crippen molar-refractivity contribution < 1.29 is 18.3 Å². The average molecular weight is 435 g/mol. The van der Waals surface area contributed by atoms with Gasteiger partial charge in [0, 0.05) is 17.7 Å². The molecule has 1 aliphatic carbocycles. The van der Waals surface area contributed by atoms with E-state index in [1.807, 2.05) is 6.07 Å². The SMILES string of the molecule is Cc1ncc(OC[C@@]2(c3cc(F)cc(F)c3)C[C@H]2C(=O)Nc2ccc(C#N)cn2)c(C)n1. The van der Waals surface area contributed by atoms with Gasteiger partial charge in [-0.1, -0.05) is 0 Å². The van der Waals surface area contributed by atoms with E-state index in [0.717, 1.165) is 6.07 Å². The summed E-state index contributed by atoms with van der Waals surface area (Å²) in [5, 5.41) is 11.6. The van der Waals surface area contributed by atoms with E-state index in [1.54, 1.807) is 13.8 Å². The lowest BCUT2D eigenvalue weighted by Gasteiger charge is -2.20. The minimum absolute atomic E-state index is 0.0159. The lowest BCUT2D eigenvalue weighted by molar-refractivity contribution is -0.117. The van der Waals surface area contributed by atoms with Crippen LogP contribution in [0.3, 0.4) is 0 Å². The highest BCUT2D eigenvalue weighted by Crippen LogP contribution is 2.55. The largest absolute Gasteiger partial charge is 0.489 e. The third kappa shape index (κ3) is 4.25. The second kappa shape index (κ2) is 8.30. The molecule has 0 aliphatic heterocycles. The van der Waals surface area contributed by atoms with Gasteiger partial charge in [-0.05, 0) is 50.1 Å². The molecule has 162 valence electrons. The topological polar surface area (TPSA) is 101 Å². The Morgan fingerprint density at radius 1 is 1.22 bits per heavy atom. The van der Waals surface area contributed by atoms with E-state index in [-0.39, 0.29) is 18.3 Å². The fourth-order valence-electron chi connectivity index (χ4n) is 3.72. The number of carbonyl (C=O) groups is 1. The molecule has 2 atom stereocenters. The number of hydrogen-bond donors (Lipinski definition) is 1. The molecule has 1 aromatic carbocycles. The molecule has 2 aromatic heterocycles. The summed E-state index contributed by atoms with van der Waals surface area (Å²) in [6.07, 6.45) is 3.22. The molecule has 1 aliphatic rings. The summed E-state index contributed by atoms with van der Waals surface area (Å²) in [6, 6.07) is 8.24. The summed E-state index contributed by atoms with van der Waals surface area (Å²) in [5.41, 5.74) is 0.412. The van der Waals surface area contributed by atoms with Gasteiger partial charge >= 0.3 is 0 Å². The Kier molecular flexibility index (Phi) is 5.53. The van der Waals surface area contributed by atoms with Crippen LogP contribution in [0.5, 0.6) is 5.75 Å². The molecular formula is C23H19F2N5O2. The van der Waals surface area contributed by atoms with Crippen LogP contribution in [0.1, 0.15) is 29.1 Å². The Morgan fingerprint density at radius 2 is 1.97 bits per heavy atom. The minimum atomic E-state index is -0.920. The van der Waals surface area contributed by atoms with Crippen LogP contribution in [0, 0.1) is 42.7 Å². The Hall–Kier alpha value is -3.93. The van der Waals surface area contributed by atoms with E-state index in [4.69, 9.17) is 10.00 Å². The van der Waals surface area contributed by atoms with Crippen LogP contribution in [0.25, 0.3) is 0 Å². The Labute approximate surface area is 183 Å². The highest BCUT2D eigenvalue weighted by Gasteiger charge is 2.60. The second-order valence-electron chi connectivity index (χ2n) is 7.76. The molecule has 0 saturated heterocycles. The van der Waals surface area contributed by atoms with E-state index >= 15 is 0 Å². The average Bonchev–Trinajstić information content (AvgIpc) is 3.49. The summed E-state index contributed by atoms with van der Waals surface area (Å²) in [4.78, 5) is 25.3. The van der Waals surface area contributed by atoms with Crippen LogP contribution in [0.15, 0.2) is 42.7 Å². The van der Waals surface area contributed by atoms with Gasteiger partial charge in [0.05, 0.1) is 30.0 Å². The molecule has 1 saturated carbocycles. The molecule has 7 nitrogen and oxygen atoms in total. The number of amides is 1. The van der Waals surface area contributed by atoms with Gasteiger partial charge in [0.15, 0.2) is 5.75 Å². The van der Waals surface area contributed by atoms with E-state index in [0.29, 0.717) is 34.8 Å². The molecule has 1 fully saturated rings.